The Morgan fingerprint density at radius 3 is 2.08 bits per heavy atom. The Hall–Kier alpha value is -2.69. The van der Waals surface area contributed by atoms with E-state index in [1.54, 1.807) is 18.2 Å². The summed E-state index contributed by atoms with van der Waals surface area (Å²) in [5, 5.41) is 0. The van der Waals surface area contributed by atoms with E-state index in [1.165, 1.54) is 30.3 Å². The summed E-state index contributed by atoms with van der Waals surface area (Å²) < 4.78 is 23.6. The minimum atomic E-state index is -0.630. The first-order chi connectivity index (χ1) is 11.9. The second kappa shape index (κ2) is 7.92. The number of hydrogen-bond donors (Lipinski definition) is 0. The molecule has 0 aliphatic heterocycles. The highest BCUT2D eigenvalue weighted by atomic mass is 19.1. The standard InChI is InChI=1S/C20H21FO4/c1-4-20(3,5-2)25-19(23)15-8-6-7-14(13-15)18(22)24-17-11-9-16(21)10-12-17/h6-13H,4-5H2,1-3H3. The van der Waals surface area contributed by atoms with Crippen molar-refractivity contribution < 1.29 is 23.5 Å². The lowest BCUT2D eigenvalue weighted by atomic mass is 10.00. The van der Waals surface area contributed by atoms with Crippen LogP contribution in [0.4, 0.5) is 4.39 Å². The van der Waals surface area contributed by atoms with E-state index in [0.29, 0.717) is 12.8 Å². The van der Waals surface area contributed by atoms with Crippen LogP contribution in [0, 0.1) is 5.82 Å². The summed E-state index contributed by atoms with van der Waals surface area (Å²) in [5.74, 6) is -1.30. The minimum Gasteiger partial charge on any atom is -0.456 e. The van der Waals surface area contributed by atoms with Crippen molar-refractivity contribution in [1.82, 2.24) is 0 Å². The molecule has 0 N–H and O–H groups in total. The van der Waals surface area contributed by atoms with Gasteiger partial charge in [0, 0.05) is 0 Å². The van der Waals surface area contributed by atoms with Gasteiger partial charge in [-0.15, -0.1) is 0 Å². The summed E-state index contributed by atoms with van der Waals surface area (Å²) in [6.45, 7) is 5.78. The zero-order valence-electron chi connectivity index (χ0n) is 14.5. The number of carbonyl (C=O) groups excluding carboxylic acids is 2. The molecule has 0 unspecified atom stereocenters. The molecule has 0 amide bonds. The maximum Gasteiger partial charge on any atom is 0.343 e. The van der Waals surface area contributed by atoms with Crippen molar-refractivity contribution >= 4 is 11.9 Å². The first-order valence-electron chi connectivity index (χ1n) is 8.18. The predicted octanol–water partition coefficient (Wildman–Crippen LogP) is 4.78. The van der Waals surface area contributed by atoms with E-state index in [0.717, 1.165) is 0 Å². The number of halogens is 1. The Labute approximate surface area is 146 Å². The van der Waals surface area contributed by atoms with E-state index in [-0.39, 0.29) is 16.9 Å². The molecular formula is C20H21FO4. The van der Waals surface area contributed by atoms with Crippen molar-refractivity contribution in [1.29, 1.82) is 0 Å². The van der Waals surface area contributed by atoms with Gasteiger partial charge in [-0.05, 0) is 62.2 Å². The highest BCUT2D eigenvalue weighted by Gasteiger charge is 2.25. The van der Waals surface area contributed by atoms with E-state index in [4.69, 9.17) is 9.47 Å². The largest absolute Gasteiger partial charge is 0.456 e. The Kier molecular flexibility index (Phi) is 5.91. The summed E-state index contributed by atoms with van der Waals surface area (Å²) in [6, 6.07) is 11.3. The Morgan fingerprint density at radius 1 is 0.960 bits per heavy atom. The third-order valence-corrected chi connectivity index (χ3v) is 4.19. The lowest BCUT2D eigenvalue weighted by Gasteiger charge is -2.26. The van der Waals surface area contributed by atoms with Crippen molar-refractivity contribution in [3.63, 3.8) is 0 Å². The van der Waals surface area contributed by atoms with Crippen LogP contribution in [0.1, 0.15) is 54.3 Å². The summed E-state index contributed by atoms with van der Waals surface area (Å²) >= 11 is 0. The summed E-state index contributed by atoms with van der Waals surface area (Å²) in [4.78, 5) is 24.5. The van der Waals surface area contributed by atoms with E-state index in [2.05, 4.69) is 0 Å². The molecular weight excluding hydrogens is 323 g/mol. The van der Waals surface area contributed by atoms with Gasteiger partial charge in [0.15, 0.2) is 0 Å². The minimum absolute atomic E-state index is 0.216. The molecule has 0 atom stereocenters. The van der Waals surface area contributed by atoms with Crippen LogP contribution < -0.4 is 4.74 Å². The average molecular weight is 344 g/mol. The van der Waals surface area contributed by atoms with Crippen LogP contribution >= 0.6 is 0 Å². The highest BCUT2D eigenvalue weighted by Crippen LogP contribution is 2.22. The van der Waals surface area contributed by atoms with Crippen LogP contribution in [0.15, 0.2) is 48.5 Å². The number of rotatable bonds is 6. The second-order valence-corrected chi connectivity index (χ2v) is 5.97. The van der Waals surface area contributed by atoms with Gasteiger partial charge < -0.3 is 9.47 Å². The fraction of sp³-hybridized carbons (Fsp3) is 0.300. The lowest BCUT2D eigenvalue weighted by molar-refractivity contribution is -0.0131. The molecule has 0 spiro atoms. The monoisotopic (exact) mass is 344 g/mol. The van der Waals surface area contributed by atoms with Gasteiger partial charge in [-0.2, -0.15) is 0 Å². The highest BCUT2D eigenvalue weighted by molar-refractivity contribution is 5.96. The van der Waals surface area contributed by atoms with E-state index in [9.17, 15) is 14.0 Å². The van der Waals surface area contributed by atoms with E-state index >= 15 is 0 Å². The summed E-state index contributed by atoms with van der Waals surface area (Å²) in [6.07, 6.45) is 1.39. The van der Waals surface area contributed by atoms with Crippen molar-refractivity contribution in [2.75, 3.05) is 0 Å². The summed E-state index contributed by atoms with van der Waals surface area (Å²) in [5.41, 5.74) is -0.0445. The van der Waals surface area contributed by atoms with Crippen molar-refractivity contribution in [3.8, 4) is 5.75 Å². The molecule has 2 aromatic carbocycles. The molecule has 4 nitrogen and oxygen atoms in total. The quantitative estimate of drug-likeness (QED) is 0.559. The fourth-order valence-electron chi connectivity index (χ4n) is 2.12. The maximum atomic E-state index is 12.9. The van der Waals surface area contributed by atoms with Gasteiger partial charge in [-0.25, -0.2) is 14.0 Å². The van der Waals surface area contributed by atoms with Crippen LogP contribution in [0.5, 0.6) is 5.75 Å². The molecule has 0 radical (unpaired) electrons. The van der Waals surface area contributed by atoms with Gasteiger partial charge in [-0.3, -0.25) is 0 Å². The second-order valence-electron chi connectivity index (χ2n) is 5.97. The topological polar surface area (TPSA) is 52.6 Å². The molecule has 0 aliphatic rings. The number of hydrogen-bond acceptors (Lipinski definition) is 4. The third-order valence-electron chi connectivity index (χ3n) is 4.19. The van der Waals surface area contributed by atoms with Crippen molar-refractivity contribution in [2.45, 2.75) is 39.2 Å². The average Bonchev–Trinajstić information content (AvgIpc) is 2.63. The number of benzene rings is 2. The van der Waals surface area contributed by atoms with E-state index in [1.807, 2.05) is 20.8 Å². The molecule has 0 saturated carbocycles. The summed E-state index contributed by atoms with van der Waals surface area (Å²) in [7, 11) is 0. The predicted molar refractivity (Wildman–Crippen MR) is 92.2 cm³/mol. The number of ether oxygens (including phenoxy) is 2. The SMILES string of the molecule is CCC(C)(CC)OC(=O)c1cccc(C(=O)Oc2ccc(F)cc2)c1. The Bertz CT molecular complexity index is 749. The molecule has 0 heterocycles. The van der Waals surface area contributed by atoms with Crippen LogP contribution in [-0.4, -0.2) is 17.5 Å². The van der Waals surface area contributed by atoms with Crippen LogP contribution in [0.2, 0.25) is 0 Å². The number of carbonyl (C=O) groups is 2. The van der Waals surface area contributed by atoms with Gasteiger partial charge >= 0.3 is 11.9 Å². The third kappa shape index (κ3) is 4.89. The van der Waals surface area contributed by atoms with Crippen molar-refractivity contribution in [3.05, 3.63) is 65.5 Å². The molecule has 0 aromatic heterocycles. The fourth-order valence-corrected chi connectivity index (χ4v) is 2.12. The van der Waals surface area contributed by atoms with Gasteiger partial charge in [0.1, 0.15) is 17.2 Å². The molecule has 2 rings (SSSR count). The van der Waals surface area contributed by atoms with Crippen molar-refractivity contribution in [2.24, 2.45) is 0 Å². The normalized spacial score (nSPS) is 11.0. The first kappa shape index (κ1) is 18.6. The first-order valence-corrected chi connectivity index (χ1v) is 8.18. The molecule has 5 heteroatoms. The molecule has 25 heavy (non-hydrogen) atoms. The zero-order valence-corrected chi connectivity index (χ0v) is 14.5. The maximum absolute atomic E-state index is 12.9. The zero-order chi connectivity index (χ0) is 18.4. The molecule has 132 valence electrons. The molecule has 0 aliphatic carbocycles. The van der Waals surface area contributed by atoms with Crippen LogP contribution in [0.3, 0.4) is 0 Å². The van der Waals surface area contributed by atoms with Gasteiger partial charge in [0.25, 0.3) is 0 Å². The molecule has 0 bridgehead atoms. The Morgan fingerprint density at radius 2 is 1.52 bits per heavy atom. The molecule has 0 fully saturated rings. The molecule has 0 saturated heterocycles. The number of esters is 2. The Balaban J connectivity index is 2.13. The molecule has 2 aromatic rings. The van der Waals surface area contributed by atoms with Crippen LogP contribution in [-0.2, 0) is 4.74 Å². The van der Waals surface area contributed by atoms with Gasteiger partial charge in [0.2, 0.25) is 0 Å². The van der Waals surface area contributed by atoms with E-state index < -0.39 is 23.4 Å². The van der Waals surface area contributed by atoms with Crippen LogP contribution in [0.25, 0.3) is 0 Å². The lowest BCUT2D eigenvalue weighted by Crippen LogP contribution is -2.30. The van der Waals surface area contributed by atoms with Gasteiger partial charge in [-0.1, -0.05) is 19.9 Å². The van der Waals surface area contributed by atoms with Gasteiger partial charge in [0.05, 0.1) is 11.1 Å². The smallest absolute Gasteiger partial charge is 0.343 e.